The molecule has 1 fully saturated rings. The van der Waals surface area contributed by atoms with E-state index in [1.54, 1.807) is 17.0 Å². The molecule has 2 rings (SSSR count). The summed E-state index contributed by atoms with van der Waals surface area (Å²) in [5.74, 6) is 0.378. The maximum absolute atomic E-state index is 12.0. The molecule has 0 aliphatic carbocycles. The van der Waals surface area contributed by atoms with Gasteiger partial charge in [0, 0.05) is 31.6 Å². The smallest absolute Gasteiger partial charge is 0.410 e. The minimum atomic E-state index is -0.488. The Labute approximate surface area is 137 Å². The second-order valence-corrected chi connectivity index (χ2v) is 6.70. The number of hydrogen-bond donors (Lipinski definition) is 0. The van der Waals surface area contributed by atoms with Gasteiger partial charge in [0.1, 0.15) is 23.3 Å². The Morgan fingerprint density at radius 2 is 2.00 bits per heavy atom. The fourth-order valence-corrected chi connectivity index (χ4v) is 2.35. The van der Waals surface area contributed by atoms with Crippen LogP contribution in [0.2, 0.25) is 0 Å². The van der Waals surface area contributed by atoms with Gasteiger partial charge in [-0.25, -0.2) is 9.78 Å². The van der Waals surface area contributed by atoms with E-state index in [2.05, 4.69) is 11.1 Å². The summed E-state index contributed by atoms with van der Waals surface area (Å²) in [5.41, 5.74) is 0.757. The van der Waals surface area contributed by atoms with Crippen molar-refractivity contribution in [1.82, 2.24) is 9.88 Å². The molecule has 124 valence electrons. The van der Waals surface area contributed by atoms with Crippen LogP contribution in [0.25, 0.3) is 0 Å². The molecule has 2 heterocycles. The van der Waals surface area contributed by atoms with Gasteiger partial charge in [-0.2, -0.15) is 5.26 Å². The first-order chi connectivity index (χ1) is 10.8. The van der Waals surface area contributed by atoms with Crippen LogP contribution < -0.4 is 4.74 Å². The van der Waals surface area contributed by atoms with Gasteiger partial charge in [0.15, 0.2) is 0 Å². The zero-order chi connectivity index (χ0) is 17.0. The molecule has 23 heavy (non-hydrogen) atoms. The van der Waals surface area contributed by atoms with Crippen molar-refractivity contribution in [2.45, 2.75) is 52.2 Å². The van der Waals surface area contributed by atoms with Gasteiger partial charge in [-0.1, -0.05) is 0 Å². The number of carbonyl (C=O) groups is 1. The highest BCUT2D eigenvalue weighted by Gasteiger charge is 2.28. The molecule has 6 nitrogen and oxygen atoms in total. The first kappa shape index (κ1) is 17.1. The molecule has 1 aliphatic heterocycles. The number of piperidine rings is 1. The van der Waals surface area contributed by atoms with Crippen molar-refractivity contribution in [2.24, 2.45) is 0 Å². The lowest BCUT2D eigenvalue weighted by atomic mass is 10.1. The minimum Gasteiger partial charge on any atom is -0.473 e. The molecule has 0 radical (unpaired) electrons. The number of aryl methyl sites for hydroxylation is 1. The van der Waals surface area contributed by atoms with Crippen molar-refractivity contribution in [3.63, 3.8) is 0 Å². The number of aromatic nitrogens is 1. The monoisotopic (exact) mass is 317 g/mol. The van der Waals surface area contributed by atoms with Crippen LogP contribution in [0.15, 0.2) is 12.1 Å². The summed E-state index contributed by atoms with van der Waals surface area (Å²) in [4.78, 5) is 18.0. The van der Waals surface area contributed by atoms with Gasteiger partial charge >= 0.3 is 6.09 Å². The summed E-state index contributed by atoms with van der Waals surface area (Å²) in [7, 11) is 0. The van der Waals surface area contributed by atoms with Crippen LogP contribution in [0.5, 0.6) is 5.88 Å². The topological polar surface area (TPSA) is 75.5 Å². The van der Waals surface area contributed by atoms with Crippen LogP contribution in [0.4, 0.5) is 4.79 Å². The molecule has 6 heteroatoms. The lowest BCUT2D eigenvalue weighted by molar-refractivity contribution is 0.0123. The van der Waals surface area contributed by atoms with E-state index in [9.17, 15) is 4.79 Å². The van der Waals surface area contributed by atoms with Gasteiger partial charge in [-0.05, 0) is 39.8 Å². The van der Waals surface area contributed by atoms with Gasteiger partial charge < -0.3 is 14.4 Å². The summed E-state index contributed by atoms with van der Waals surface area (Å²) in [6, 6.07) is 5.60. The number of nitriles is 1. The molecule has 1 amide bonds. The molecule has 0 N–H and O–H groups in total. The van der Waals surface area contributed by atoms with E-state index >= 15 is 0 Å². The van der Waals surface area contributed by atoms with E-state index in [-0.39, 0.29) is 12.2 Å². The Bertz CT molecular complexity index is 608. The van der Waals surface area contributed by atoms with Crippen molar-refractivity contribution < 1.29 is 14.3 Å². The summed E-state index contributed by atoms with van der Waals surface area (Å²) < 4.78 is 11.2. The molecule has 0 saturated carbocycles. The number of rotatable bonds is 2. The van der Waals surface area contributed by atoms with Gasteiger partial charge in [-0.15, -0.1) is 0 Å². The summed E-state index contributed by atoms with van der Waals surface area (Å²) in [5, 5.41) is 9.12. The molecule has 0 bridgehead atoms. The number of carbonyl (C=O) groups excluding carboxylic acids is 1. The maximum Gasteiger partial charge on any atom is 0.410 e. The fraction of sp³-hybridized carbons (Fsp3) is 0.588. The van der Waals surface area contributed by atoms with E-state index in [1.165, 1.54) is 0 Å². The van der Waals surface area contributed by atoms with Crippen LogP contribution in [0.1, 0.15) is 44.9 Å². The Hall–Kier alpha value is -2.29. The third-order valence-corrected chi connectivity index (χ3v) is 3.49. The first-order valence-electron chi connectivity index (χ1n) is 7.81. The highest BCUT2D eigenvalue weighted by Crippen LogP contribution is 2.22. The molecule has 0 unspecified atom stereocenters. The molecule has 0 atom stereocenters. The number of hydrogen-bond acceptors (Lipinski definition) is 5. The van der Waals surface area contributed by atoms with Gasteiger partial charge in [-0.3, -0.25) is 0 Å². The highest BCUT2D eigenvalue weighted by atomic mass is 16.6. The predicted molar refractivity (Wildman–Crippen MR) is 85.1 cm³/mol. The third kappa shape index (κ3) is 4.85. The quantitative estimate of drug-likeness (QED) is 0.838. The highest BCUT2D eigenvalue weighted by molar-refractivity contribution is 5.68. The fourth-order valence-electron chi connectivity index (χ4n) is 2.35. The lowest BCUT2D eigenvalue weighted by Crippen LogP contribution is -2.44. The van der Waals surface area contributed by atoms with Crippen LogP contribution >= 0.6 is 0 Å². The predicted octanol–water partition coefficient (Wildman–Crippen LogP) is 3.04. The number of likely N-dealkylation sites (tertiary alicyclic amines) is 1. The van der Waals surface area contributed by atoms with Gasteiger partial charge in [0.25, 0.3) is 0 Å². The molecule has 1 aromatic rings. The third-order valence-electron chi connectivity index (χ3n) is 3.49. The number of nitrogens with zero attached hydrogens (tertiary/aromatic N) is 3. The number of ether oxygens (including phenoxy) is 2. The average molecular weight is 317 g/mol. The molecular weight excluding hydrogens is 294 g/mol. The normalized spacial score (nSPS) is 15.9. The summed E-state index contributed by atoms with van der Waals surface area (Å²) >= 11 is 0. The zero-order valence-electron chi connectivity index (χ0n) is 14.1. The van der Waals surface area contributed by atoms with Crippen LogP contribution in [-0.4, -0.2) is 40.8 Å². The standard InChI is InChI=1S/C17H23N3O3/c1-12-5-6-13(11-18)15(19-12)22-14-7-9-20(10-8-14)16(21)23-17(2,3)4/h5-6,14H,7-10H2,1-4H3. The Balaban J connectivity index is 1.92. The lowest BCUT2D eigenvalue weighted by Gasteiger charge is -2.33. The van der Waals surface area contributed by atoms with E-state index in [0.717, 1.165) is 5.69 Å². The van der Waals surface area contributed by atoms with Crippen LogP contribution in [0, 0.1) is 18.3 Å². The van der Waals surface area contributed by atoms with Gasteiger partial charge in [0.2, 0.25) is 5.88 Å². The van der Waals surface area contributed by atoms with E-state index in [0.29, 0.717) is 37.4 Å². The van der Waals surface area contributed by atoms with Crippen molar-refractivity contribution in [1.29, 1.82) is 5.26 Å². The van der Waals surface area contributed by atoms with E-state index in [4.69, 9.17) is 14.7 Å². The largest absolute Gasteiger partial charge is 0.473 e. The molecule has 1 aromatic heterocycles. The van der Waals surface area contributed by atoms with Crippen molar-refractivity contribution >= 4 is 6.09 Å². The number of pyridine rings is 1. The molecule has 1 saturated heterocycles. The molecule has 0 spiro atoms. The molecule has 0 aromatic carbocycles. The summed E-state index contributed by atoms with van der Waals surface area (Å²) in [6.07, 6.45) is 1.05. The van der Waals surface area contributed by atoms with Crippen LogP contribution in [-0.2, 0) is 4.74 Å². The summed E-state index contributed by atoms with van der Waals surface area (Å²) in [6.45, 7) is 8.58. The number of amides is 1. The molecular formula is C17H23N3O3. The average Bonchev–Trinajstić information content (AvgIpc) is 2.46. The first-order valence-corrected chi connectivity index (χ1v) is 7.81. The second-order valence-electron chi connectivity index (χ2n) is 6.70. The minimum absolute atomic E-state index is 0.0462. The van der Waals surface area contributed by atoms with Crippen molar-refractivity contribution in [3.05, 3.63) is 23.4 Å². The van der Waals surface area contributed by atoms with Crippen molar-refractivity contribution in [3.8, 4) is 11.9 Å². The Morgan fingerprint density at radius 1 is 1.35 bits per heavy atom. The van der Waals surface area contributed by atoms with Crippen molar-refractivity contribution in [2.75, 3.05) is 13.1 Å². The van der Waals surface area contributed by atoms with Crippen LogP contribution in [0.3, 0.4) is 0 Å². The second kappa shape index (κ2) is 6.86. The molecule has 1 aliphatic rings. The SMILES string of the molecule is Cc1ccc(C#N)c(OC2CCN(C(=O)OC(C)(C)C)CC2)n1. The zero-order valence-corrected chi connectivity index (χ0v) is 14.1. The maximum atomic E-state index is 12.0. The van der Waals surface area contributed by atoms with E-state index < -0.39 is 5.60 Å². The Morgan fingerprint density at radius 3 is 2.57 bits per heavy atom. The van der Waals surface area contributed by atoms with E-state index in [1.807, 2.05) is 27.7 Å². The van der Waals surface area contributed by atoms with Gasteiger partial charge in [0.05, 0.1) is 0 Å². The Kier molecular flexibility index (Phi) is 5.09.